The number of hydrogen-bond donors (Lipinski definition) is 3. The molecule has 1 atom stereocenters. The SMILES string of the molecule is O=C(Nc1cnc(-n2nccn2)c(Cl)c1)Nc1cnc2cc(Cl)nn2c1C1COCCN1. The van der Waals surface area contributed by atoms with Crippen molar-refractivity contribution in [1.82, 2.24) is 39.9 Å². The van der Waals surface area contributed by atoms with E-state index in [2.05, 4.69) is 41.2 Å². The van der Waals surface area contributed by atoms with Gasteiger partial charge < -0.3 is 20.7 Å². The van der Waals surface area contributed by atoms with Crippen molar-refractivity contribution in [2.75, 3.05) is 30.4 Å². The van der Waals surface area contributed by atoms with Crippen LogP contribution < -0.4 is 16.0 Å². The zero-order valence-corrected chi connectivity index (χ0v) is 17.9. The van der Waals surface area contributed by atoms with E-state index in [1.54, 1.807) is 22.8 Å². The number of halogens is 2. The molecule has 1 aliphatic heterocycles. The largest absolute Gasteiger partial charge is 0.378 e. The number of pyridine rings is 1. The highest BCUT2D eigenvalue weighted by atomic mass is 35.5. The number of aromatic nitrogens is 7. The summed E-state index contributed by atoms with van der Waals surface area (Å²) in [5.74, 6) is 0.346. The van der Waals surface area contributed by atoms with E-state index in [1.165, 1.54) is 23.4 Å². The topological polar surface area (TPSA) is 136 Å². The fourth-order valence-corrected chi connectivity index (χ4v) is 3.77. The normalized spacial score (nSPS) is 16.2. The number of carbonyl (C=O) groups excluding carboxylic acids is 1. The lowest BCUT2D eigenvalue weighted by molar-refractivity contribution is 0.0751. The summed E-state index contributed by atoms with van der Waals surface area (Å²) in [6.45, 7) is 1.68. The van der Waals surface area contributed by atoms with Crippen LogP contribution in [0, 0.1) is 0 Å². The number of ether oxygens (including phenoxy) is 1. The Morgan fingerprint density at radius 1 is 1.16 bits per heavy atom. The third-order valence-corrected chi connectivity index (χ3v) is 5.14. The van der Waals surface area contributed by atoms with Gasteiger partial charge in [-0.05, 0) is 6.07 Å². The highest BCUT2D eigenvalue weighted by Gasteiger charge is 2.24. The van der Waals surface area contributed by atoms with Crippen molar-refractivity contribution in [3.63, 3.8) is 0 Å². The van der Waals surface area contributed by atoms with Gasteiger partial charge in [0.1, 0.15) is 0 Å². The molecule has 164 valence electrons. The van der Waals surface area contributed by atoms with Gasteiger partial charge in [-0.2, -0.15) is 15.3 Å². The predicted octanol–water partition coefficient (Wildman–Crippen LogP) is 2.32. The van der Waals surface area contributed by atoms with Gasteiger partial charge in [-0.15, -0.1) is 4.80 Å². The van der Waals surface area contributed by atoms with Gasteiger partial charge in [0.15, 0.2) is 16.6 Å². The van der Waals surface area contributed by atoms with Crippen molar-refractivity contribution < 1.29 is 9.53 Å². The Balaban J connectivity index is 1.39. The molecule has 4 aromatic heterocycles. The molecule has 14 heteroatoms. The number of nitrogens with one attached hydrogen (secondary N) is 3. The van der Waals surface area contributed by atoms with Gasteiger partial charge in [0, 0.05) is 12.6 Å². The first-order valence-electron chi connectivity index (χ1n) is 9.54. The third kappa shape index (κ3) is 4.08. The van der Waals surface area contributed by atoms with Gasteiger partial charge in [-0.25, -0.2) is 19.3 Å². The fourth-order valence-electron chi connectivity index (χ4n) is 3.35. The molecule has 1 fully saturated rings. The van der Waals surface area contributed by atoms with Crippen LogP contribution in [-0.2, 0) is 4.74 Å². The van der Waals surface area contributed by atoms with E-state index < -0.39 is 6.03 Å². The van der Waals surface area contributed by atoms with Crippen LogP contribution in [0.15, 0.2) is 36.9 Å². The molecule has 2 amide bonds. The Labute approximate surface area is 190 Å². The molecule has 0 saturated carbocycles. The maximum Gasteiger partial charge on any atom is 0.323 e. The summed E-state index contributed by atoms with van der Waals surface area (Å²) >= 11 is 12.3. The Morgan fingerprint density at radius 3 is 2.75 bits per heavy atom. The number of rotatable bonds is 4. The quantitative estimate of drug-likeness (QED) is 0.409. The van der Waals surface area contributed by atoms with Gasteiger partial charge in [0.25, 0.3) is 0 Å². The lowest BCUT2D eigenvalue weighted by atomic mass is 10.1. The van der Waals surface area contributed by atoms with Crippen LogP contribution in [0.3, 0.4) is 0 Å². The van der Waals surface area contributed by atoms with Crippen LogP contribution in [0.2, 0.25) is 10.2 Å². The average Bonchev–Trinajstić information content (AvgIpc) is 3.43. The van der Waals surface area contributed by atoms with Crippen LogP contribution in [0.4, 0.5) is 16.2 Å². The number of amides is 2. The van der Waals surface area contributed by atoms with Gasteiger partial charge in [0.05, 0.1) is 66.1 Å². The van der Waals surface area contributed by atoms with Crippen molar-refractivity contribution in [2.45, 2.75) is 6.04 Å². The van der Waals surface area contributed by atoms with Crippen LogP contribution >= 0.6 is 23.2 Å². The highest BCUT2D eigenvalue weighted by Crippen LogP contribution is 2.27. The van der Waals surface area contributed by atoms with Crippen LogP contribution in [-0.4, -0.2) is 60.4 Å². The molecule has 0 radical (unpaired) electrons. The first-order chi connectivity index (χ1) is 15.6. The smallest absolute Gasteiger partial charge is 0.323 e. The molecule has 1 aliphatic rings. The minimum Gasteiger partial charge on any atom is -0.378 e. The molecular weight excluding hydrogens is 459 g/mol. The monoisotopic (exact) mass is 474 g/mol. The number of hydrogen-bond acceptors (Lipinski definition) is 8. The number of anilines is 2. The molecule has 12 nitrogen and oxygen atoms in total. The summed E-state index contributed by atoms with van der Waals surface area (Å²) < 4.78 is 7.17. The molecule has 5 rings (SSSR count). The van der Waals surface area contributed by atoms with E-state index in [4.69, 9.17) is 27.9 Å². The van der Waals surface area contributed by atoms with Crippen LogP contribution in [0.1, 0.15) is 11.7 Å². The molecular formula is C18H16Cl2N10O2. The summed E-state index contributed by atoms with van der Waals surface area (Å²) in [7, 11) is 0. The standard InChI is InChI=1S/C18H16Cl2N10O2/c19-11-5-10(7-23-17(11)30-24-1-2-25-30)26-18(31)27-12-8-22-15-6-14(20)28-29(15)16(12)13-9-32-4-3-21-13/h1-2,5-8,13,21H,3-4,9H2,(H2,26,27,31). The van der Waals surface area contributed by atoms with Gasteiger partial charge in [-0.1, -0.05) is 23.2 Å². The molecule has 4 aromatic rings. The predicted molar refractivity (Wildman–Crippen MR) is 116 cm³/mol. The van der Waals surface area contributed by atoms with E-state index in [9.17, 15) is 4.79 Å². The Bertz CT molecular complexity index is 1270. The zero-order valence-electron chi connectivity index (χ0n) is 16.4. The Kier molecular flexibility index (Phi) is 5.57. The van der Waals surface area contributed by atoms with Gasteiger partial charge in [0.2, 0.25) is 0 Å². The van der Waals surface area contributed by atoms with Crippen LogP contribution in [0.25, 0.3) is 11.5 Å². The molecule has 0 aromatic carbocycles. The van der Waals surface area contributed by atoms with Crippen molar-refractivity contribution in [3.8, 4) is 5.82 Å². The van der Waals surface area contributed by atoms with E-state index in [0.29, 0.717) is 53.4 Å². The minimum absolute atomic E-state index is 0.211. The van der Waals surface area contributed by atoms with Crippen molar-refractivity contribution in [1.29, 1.82) is 0 Å². The van der Waals surface area contributed by atoms with E-state index >= 15 is 0 Å². The second-order valence-electron chi connectivity index (χ2n) is 6.80. The molecule has 32 heavy (non-hydrogen) atoms. The third-order valence-electron chi connectivity index (χ3n) is 4.68. The summed E-state index contributed by atoms with van der Waals surface area (Å²) in [5, 5.41) is 21.7. The molecule has 3 N–H and O–H groups in total. The fraction of sp³-hybridized carbons (Fsp3) is 0.222. The number of carbonyl (C=O) groups is 1. The summed E-state index contributed by atoms with van der Waals surface area (Å²) in [5.41, 5.74) is 2.07. The van der Waals surface area contributed by atoms with Crippen LogP contribution in [0.5, 0.6) is 0 Å². The molecule has 0 bridgehead atoms. The molecule has 0 spiro atoms. The van der Waals surface area contributed by atoms with Gasteiger partial charge >= 0.3 is 6.03 Å². The maximum absolute atomic E-state index is 12.7. The molecule has 1 saturated heterocycles. The summed E-state index contributed by atoms with van der Waals surface area (Å²) in [6, 6.07) is 2.48. The minimum atomic E-state index is -0.509. The zero-order chi connectivity index (χ0) is 22.1. The second-order valence-corrected chi connectivity index (χ2v) is 7.60. The van der Waals surface area contributed by atoms with Crippen molar-refractivity contribution >= 4 is 46.3 Å². The summed E-state index contributed by atoms with van der Waals surface area (Å²) in [6.07, 6.45) is 6.03. The van der Waals surface area contributed by atoms with E-state index in [1.807, 2.05) is 0 Å². The molecule has 1 unspecified atom stereocenters. The highest BCUT2D eigenvalue weighted by molar-refractivity contribution is 6.32. The first kappa shape index (κ1) is 20.6. The lowest BCUT2D eigenvalue weighted by Gasteiger charge is -2.26. The van der Waals surface area contributed by atoms with Crippen molar-refractivity contribution in [2.24, 2.45) is 0 Å². The summed E-state index contributed by atoms with van der Waals surface area (Å²) in [4.78, 5) is 22.5. The molecule has 5 heterocycles. The molecule has 0 aliphatic carbocycles. The van der Waals surface area contributed by atoms with Crippen molar-refractivity contribution in [3.05, 3.63) is 52.8 Å². The lowest BCUT2D eigenvalue weighted by Crippen LogP contribution is -2.36. The first-order valence-corrected chi connectivity index (χ1v) is 10.3. The maximum atomic E-state index is 12.7. The Hall–Kier alpha value is -3.32. The Morgan fingerprint density at radius 2 is 2.00 bits per heavy atom. The number of fused-ring (bicyclic) bond motifs is 1. The van der Waals surface area contributed by atoms with Gasteiger partial charge in [-0.3, -0.25) is 0 Å². The average molecular weight is 475 g/mol. The second kappa shape index (κ2) is 8.67. The number of morpholine rings is 1. The van der Waals surface area contributed by atoms with E-state index in [-0.39, 0.29) is 11.1 Å². The number of urea groups is 1. The van der Waals surface area contributed by atoms with E-state index in [0.717, 1.165) is 0 Å². The number of nitrogens with zero attached hydrogens (tertiary/aromatic N) is 7.